The van der Waals surface area contributed by atoms with E-state index in [1.54, 1.807) is 0 Å². The van der Waals surface area contributed by atoms with Gasteiger partial charge in [-0.05, 0) is 131 Å². The molecule has 11 aromatic carbocycles. The molecule has 1 aliphatic rings. The Morgan fingerprint density at radius 3 is 1.66 bits per heavy atom. The summed E-state index contributed by atoms with van der Waals surface area (Å²) in [5.41, 5.74) is 17.3. The molecule has 0 radical (unpaired) electrons. The normalized spacial score (nSPS) is 12.9. The molecular formula is C63H43NO. The van der Waals surface area contributed by atoms with Gasteiger partial charge in [-0.2, -0.15) is 0 Å². The average molecular weight is 830 g/mol. The number of hydrogen-bond acceptors (Lipinski definition) is 2. The fourth-order valence-corrected chi connectivity index (χ4v) is 10.9. The highest BCUT2D eigenvalue weighted by molar-refractivity contribution is 6.32. The Kier molecular flexibility index (Phi) is 8.29. The Morgan fingerprint density at radius 2 is 0.892 bits per heavy atom. The highest BCUT2D eigenvalue weighted by Gasteiger charge is 2.36. The third-order valence-corrected chi connectivity index (χ3v) is 14.0. The summed E-state index contributed by atoms with van der Waals surface area (Å²) in [6.45, 7) is 4.71. The van der Waals surface area contributed by atoms with Gasteiger partial charge in [0.15, 0.2) is 0 Å². The fraction of sp³-hybridized carbons (Fsp3) is 0.0476. The molecule has 13 rings (SSSR count). The van der Waals surface area contributed by atoms with Crippen molar-refractivity contribution in [3.05, 3.63) is 236 Å². The van der Waals surface area contributed by atoms with E-state index in [-0.39, 0.29) is 5.41 Å². The van der Waals surface area contributed by atoms with Crippen molar-refractivity contribution in [3.63, 3.8) is 0 Å². The van der Waals surface area contributed by atoms with Gasteiger partial charge in [0, 0.05) is 38.6 Å². The highest BCUT2D eigenvalue weighted by Crippen LogP contribution is 2.51. The number of furan rings is 1. The number of nitrogens with zero attached hydrogens (tertiary/aromatic N) is 1. The van der Waals surface area contributed by atoms with Gasteiger partial charge < -0.3 is 9.32 Å². The summed E-state index contributed by atoms with van der Waals surface area (Å²) < 4.78 is 7.10. The van der Waals surface area contributed by atoms with Crippen LogP contribution in [0.15, 0.2) is 229 Å². The molecular weight excluding hydrogens is 787 g/mol. The standard InChI is InChI=1S/C63H43NO/c1-63(2)57-26-13-12-22-52(57)53-36-35-47(39-58(53)63)64(45-31-27-41(28-32-45)40-15-4-3-5-16-40)46-33-29-43(30-34-46)56-37-44(49-25-14-18-42-17-6-7-19-48(42)49)38-59-60(56)61-54-23-10-8-20-50(54)51-21-9-11-24-55(51)62(61)65-59/h3-39H,1-2H3. The van der Waals surface area contributed by atoms with Crippen LogP contribution in [0.1, 0.15) is 25.0 Å². The second kappa shape index (κ2) is 14.4. The second-order valence-corrected chi connectivity index (χ2v) is 18.0. The molecule has 1 heterocycles. The van der Waals surface area contributed by atoms with E-state index >= 15 is 0 Å². The van der Waals surface area contributed by atoms with Crippen molar-refractivity contribution in [1.29, 1.82) is 0 Å². The van der Waals surface area contributed by atoms with E-state index in [4.69, 9.17) is 4.42 Å². The first-order chi connectivity index (χ1) is 32.0. The quantitative estimate of drug-likeness (QED) is 0.155. The molecule has 306 valence electrons. The second-order valence-electron chi connectivity index (χ2n) is 18.0. The molecule has 0 atom stereocenters. The van der Waals surface area contributed by atoms with Crippen LogP contribution in [0.5, 0.6) is 0 Å². The van der Waals surface area contributed by atoms with Crippen LogP contribution in [0, 0.1) is 0 Å². The van der Waals surface area contributed by atoms with Gasteiger partial charge in [0.05, 0.1) is 0 Å². The van der Waals surface area contributed by atoms with Crippen LogP contribution in [0.4, 0.5) is 17.1 Å². The first-order valence-corrected chi connectivity index (χ1v) is 22.6. The molecule has 1 aromatic heterocycles. The summed E-state index contributed by atoms with van der Waals surface area (Å²) >= 11 is 0. The van der Waals surface area contributed by atoms with E-state index in [0.29, 0.717) is 0 Å². The van der Waals surface area contributed by atoms with Crippen LogP contribution in [0.3, 0.4) is 0 Å². The van der Waals surface area contributed by atoms with Crippen molar-refractivity contribution < 1.29 is 4.42 Å². The molecule has 0 bridgehead atoms. The summed E-state index contributed by atoms with van der Waals surface area (Å²) in [6.07, 6.45) is 0. The number of fused-ring (bicyclic) bond motifs is 12. The van der Waals surface area contributed by atoms with Gasteiger partial charge in [-0.3, -0.25) is 0 Å². The predicted octanol–water partition coefficient (Wildman–Crippen LogP) is 17.8. The van der Waals surface area contributed by atoms with Crippen LogP contribution in [-0.2, 0) is 5.41 Å². The smallest absolute Gasteiger partial charge is 0.143 e. The van der Waals surface area contributed by atoms with Gasteiger partial charge in [0.2, 0.25) is 0 Å². The van der Waals surface area contributed by atoms with Gasteiger partial charge in [-0.15, -0.1) is 0 Å². The highest BCUT2D eigenvalue weighted by atomic mass is 16.3. The van der Waals surface area contributed by atoms with Crippen molar-refractivity contribution in [3.8, 4) is 44.5 Å². The number of rotatable bonds is 6. The summed E-state index contributed by atoms with van der Waals surface area (Å²) in [5.74, 6) is 0. The zero-order valence-corrected chi connectivity index (χ0v) is 36.2. The molecule has 0 amide bonds. The van der Waals surface area contributed by atoms with Gasteiger partial charge in [0.25, 0.3) is 0 Å². The van der Waals surface area contributed by atoms with Gasteiger partial charge in [-0.25, -0.2) is 0 Å². The SMILES string of the molecule is CC1(C)c2ccccc2-c2ccc(N(c3ccc(-c4ccccc4)cc3)c3ccc(-c4cc(-c5cccc6ccccc56)cc5oc6c7ccccc7c7ccccc7c6c45)cc3)cc21. The average Bonchev–Trinajstić information content (AvgIpc) is 3.87. The molecule has 0 fully saturated rings. The lowest BCUT2D eigenvalue weighted by atomic mass is 9.82. The predicted molar refractivity (Wildman–Crippen MR) is 275 cm³/mol. The summed E-state index contributed by atoms with van der Waals surface area (Å²) in [6, 6.07) is 82.1. The molecule has 0 N–H and O–H groups in total. The maximum atomic E-state index is 7.10. The number of anilines is 3. The van der Waals surface area contributed by atoms with Crippen LogP contribution < -0.4 is 4.90 Å². The lowest BCUT2D eigenvalue weighted by Gasteiger charge is -2.28. The van der Waals surface area contributed by atoms with E-state index in [1.165, 1.54) is 65.9 Å². The topological polar surface area (TPSA) is 16.4 Å². The Bertz CT molecular complexity index is 3830. The minimum absolute atomic E-state index is 0.127. The maximum absolute atomic E-state index is 7.10. The zero-order valence-electron chi connectivity index (χ0n) is 36.2. The van der Waals surface area contributed by atoms with Crippen LogP contribution in [0.2, 0.25) is 0 Å². The first kappa shape index (κ1) is 37.4. The van der Waals surface area contributed by atoms with Crippen molar-refractivity contribution in [2.75, 3.05) is 4.90 Å². The minimum atomic E-state index is -0.127. The largest absolute Gasteiger partial charge is 0.455 e. The van der Waals surface area contributed by atoms with E-state index in [0.717, 1.165) is 61.1 Å². The van der Waals surface area contributed by atoms with E-state index < -0.39 is 0 Å². The Labute approximate surface area is 378 Å². The summed E-state index contributed by atoms with van der Waals surface area (Å²) in [7, 11) is 0. The Balaban J connectivity index is 1.02. The van der Waals surface area contributed by atoms with Crippen molar-refractivity contribution in [2.45, 2.75) is 19.3 Å². The van der Waals surface area contributed by atoms with Crippen molar-refractivity contribution in [2.24, 2.45) is 0 Å². The monoisotopic (exact) mass is 829 g/mol. The van der Waals surface area contributed by atoms with E-state index in [2.05, 4.69) is 243 Å². The molecule has 2 heteroatoms. The van der Waals surface area contributed by atoms with Crippen LogP contribution in [0.25, 0.3) is 98.8 Å². The lowest BCUT2D eigenvalue weighted by Crippen LogP contribution is -2.16. The third-order valence-electron chi connectivity index (χ3n) is 14.0. The molecule has 0 spiro atoms. The van der Waals surface area contributed by atoms with Crippen LogP contribution >= 0.6 is 0 Å². The van der Waals surface area contributed by atoms with E-state index in [1.807, 2.05) is 0 Å². The van der Waals surface area contributed by atoms with Gasteiger partial charge in [-0.1, -0.05) is 190 Å². The molecule has 0 unspecified atom stereocenters. The van der Waals surface area contributed by atoms with E-state index in [9.17, 15) is 0 Å². The molecule has 0 saturated heterocycles. The molecule has 2 nitrogen and oxygen atoms in total. The minimum Gasteiger partial charge on any atom is -0.455 e. The number of benzene rings is 11. The molecule has 0 aliphatic heterocycles. The first-order valence-electron chi connectivity index (χ1n) is 22.6. The fourth-order valence-electron chi connectivity index (χ4n) is 10.9. The van der Waals surface area contributed by atoms with Crippen molar-refractivity contribution >= 4 is 71.3 Å². The Hall–Kier alpha value is -8.20. The Morgan fingerprint density at radius 1 is 0.338 bits per heavy atom. The number of hydrogen-bond donors (Lipinski definition) is 0. The molecule has 65 heavy (non-hydrogen) atoms. The van der Waals surface area contributed by atoms with Gasteiger partial charge >= 0.3 is 0 Å². The zero-order chi connectivity index (χ0) is 43.2. The third kappa shape index (κ3) is 5.81. The summed E-state index contributed by atoms with van der Waals surface area (Å²) in [5, 5.41) is 9.47. The maximum Gasteiger partial charge on any atom is 0.143 e. The van der Waals surface area contributed by atoms with Crippen LogP contribution in [-0.4, -0.2) is 0 Å². The van der Waals surface area contributed by atoms with Gasteiger partial charge in [0.1, 0.15) is 11.2 Å². The molecule has 12 aromatic rings. The lowest BCUT2D eigenvalue weighted by molar-refractivity contribution is 0.660. The summed E-state index contributed by atoms with van der Waals surface area (Å²) in [4.78, 5) is 2.41. The molecule has 1 aliphatic carbocycles. The molecule has 0 saturated carbocycles. The van der Waals surface area contributed by atoms with Crippen molar-refractivity contribution in [1.82, 2.24) is 0 Å².